The Morgan fingerprint density at radius 3 is 2.43 bits per heavy atom. The van der Waals surface area contributed by atoms with Gasteiger partial charge in [0, 0.05) is 18.9 Å². The van der Waals surface area contributed by atoms with Crippen LogP contribution in [0.1, 0.15) is 34.1 Å². The zero-order chi connectivity index (χ0) is 10.6. The van der Waals surface area contributed by atoms with Crippen LogP contribution in [0.5, 0.6) is 0 Å². The summed E-state index contributed by atoms with van der Waals surface area (Å²) in [6.07, 6.45) is 7.08. The van der Waals surface area contributed by atoms with E-state index in [1.54, 1.807) is 0 Å². The summed E-state index contributed by atoms with van der Waals surface area (Å²) in [7, 11) is 0. The number of nitrogens with zero attached hydrogens (tertiary/aromatic N) is 2. The number of hydrogen-bond acceptors (Lipinski definition) is 1. The predicted octanol–water partition coefficient (Wildman–Crippen LogP) is 3.20. The first-order valence-corrected chi connectivity index (χ1v) is 5.55. The van der Waals surface area contributed by atoms with Crippen molar-refractivity contribution in [2.75, 3.05) is 0 Å². The van der Waals surface area contributed by atoms with E-state index in [4.69, 9.17) is 0 Å². The van der Waals surface area contributed by atoms with Crippen LogP contribution in [0.2, 0.25) is 0 Å². The minimum atomic E-state index is 0.738. The normalized spacial score (nSPS) is 15.8. The molecule has 0 N–H and O–H groups in total. The highest BCUT2D eigenvalue weighted by Crippen LogP contribution is 2.20. The van der Waals surface area contributed by atoms with E-state index in [-0.39, 0.29) is 0 Å². The molecule has 0 spiro atoms. The predicted molar refractivity (Wildman–Crippen MR) is 60.0 cm³/mol. The third kappa shape index (κ3) is 3.52. The van der Waals surface area contributed by atoms with Crippen LogP contribution in [-0.2, 0) is 6.54 Å². The molecule has 1 aromatic rings. The third-order valence-electron chi connectivity index (χ3n) is 2.99. The summed E-state index contributed by atoms with van der Waals surface area (Å²) >= 11 is 0. The molecular weight excluding hydrogens is 172 g/mol. The molecule has 1 aromatic heterocycles. The van der Waals surface area contributed by atoms with Crippen molar-refractivity contribution in [1.29, 1.82) is 0 Å². The average molecular weight is 194 g/mol. The minimum absolute atomic E-state index is 0.738. The van der Waals surface area contributed by atoms with E-state index in [0.29, 0.717) is 0 Å². The fourth-order valence-corrected chi connectivity index (χ4v) is 1.74. The van der Waals surface area contributed by atoms with Crippen molar-refractivity contribution in [1.82, 2.24) is 9.55 Å². The van der Waals surface area contributed by atoms with Crippen molar-refractivity contribution in [2.45, 2.75) is 40.7 Å². The lowest BCUT2D eigenvalue weighted by Crippen LogP contribution is -2.13. The zero-order valence-corrected chi connectivity index (χ0v) is 9.77. The standard InChI is InChI=1S/C12H22N2/c1-10(2)12(4)7-11(3)8-14-6-5-13-9-14/h5-6,9-12H,7-8H2,1-4H3. The molecule has 1 heterocycles. The van der Waals surface area contributed by atoms with Crippen molar-refractivity contribution < 1.29 is 0 Å². The van der Waals surface area contributed by atoms with Gasteiger partial charge in [-0.2, -0.15) is 0 Å². The SMILES string of the molecule is CC(CC(C)C(C)C)Cn1ccnc1. The molecule has 2 unspecified atom stereocenters. The first kappa shape index (κ1) is 11.3. The summed E-state index contributed by atoms with van der Waals surface area (Å²) in [5.74, 6) is 2.34. The summed E-state index contributed by atoms with van der Waals surface area (Å²) in [6.45, 7) is 10.4. The Bertz CT molecular complexity index is 239. The number of aromatic nitrogens is 2. The second-order valence-electron chi connectivity index (χ2n) is 4.82. The average Bonchev–Trinajstić information content (AvgIpc) is 2.56. The highest BCUT2D eigenvalue weighted by atomic mass is 15.0. The molecule has 80 valence electrons. The van der Waals surface area contributed by atoms with Gasteiger partial charge in [-0.1, -0.05) is 27.7 Å². The number of hydrogen-bond donors (Lipinski definition) is 0. The smallest absolute Gasteiger partial charge is 0.0945 e. The Labute approximate surface area is 87.4 Å². The van der Waals surface area contributed by atoms with Gasteiger partial charge in [0.1, 0.15) is 0 Å². The highest BCUT2D eigenvalue weighted by molar-refractivity contribution is 4.75. The lowest BCUT2D eigenvalue weighted by atomic mass is 9.89. The molecule has 0 aliphatic rings. The molecule has 1 rings (SSSR count). The maximum atomic E-state index is 4.05. The Morgan fingerprint density at radius 2 is 1.93 bits per heavy atom. The quantitative estimate of drug-likeness (QED) is 0.704. The number of imidazole rings is 1. The van der Waals surface area contributed by atoms with Crippen LogP contribution in [0.3, 0.4) is 0 Å². The molecule has 2 heteroatoms. The highest BCUT2D eigenvalue weighted by Gasteiger charge is 2.12. The van der Waals surface area contributed by atoms with Crippen molar-refractivity contribution in [3.63, 3.8) is 0 Å². The second kappa shape index (κ2) is 5.18. The lowest BCUT2D eigenvalue weighted by molar-refractivity contribution is 0.310. The molecule has 0 aliphatic carbocycles. The molecular formula is C12H22N2. The van der Waals surface area contributed by atoms with Crippen LogP contribution in [0.25, 0.3) is 0 Å². The van der Waals surface area contributed by atoms with Gasteiger partial charge in [-0.05, 0) is 24.2 Å². The van der Waals surface area contributed by atoms with Gasteiger partial charge in [0.05, 0.1) is 6.33 Å². The van der Waals surface area contributed by atoms with Gasteiger partial charge in [0.2, 0.25) is 0 Å². The second-order valence-corrected chi connectivity index (χ2v) is 4.82. The van der Waals surface area contributed by atoms with E-state index in [1.165, 1.54) is 6.42 Å². The molecule has 0 aliphatic heterocycles. The van der Waals surface area contributed by atoms with Crippen LogP contribution < -0.4 is 0 Å². The summed E-state index contributed by atoms with van der Waals surface area (Å²) in [6, 6.07) is 0. The van der Waals surface area contributed by atoms with Gasteiger partial charge >= 0.3 is 0 Å². The molecule has 0 bridgehead atoms. The number of rotatable bonds is 5. The summed E-state index contributed by atoms with van der Waals surface area (Å²) in [4.78, 5) is 4.05. The summed E-state index contributed by atoms with van der Waals surface area (Å²) in [5.41, 5.74) is 0. The summed E-state index contributed by atoms with van der Waals surface area (Å²) < 4.78 is 2.16. The van der Waals surface area contributed by atoms with Crippen molar-refractivity contribution in [3.8, 4) is 0 Å². The van der Waals surface area contributed by atoms with E-state index in [9.17, 15) is 0 Å². The maximum Gasteiger partial charge on any atom is 0.0945 e. The first-order chi connectivity index (χ1) is 6.59. The lowest BCUT2D eigenvalue weighted by Gasteiger charge is -2.20. The van der Waals surface area contributed by atoms with Gasteiger partial charge in [-0.3, -0.25) is 0 Å². The van der Waals surface area contributed by atoms with E-state index < -0.39 is 0 Å². The Balaban J connectivity index is 2.32. The van der Waals surface area contributed by atoms with Crippen molar-refractivity contribution >= 4 is 0 Å². The molecule has 2 nitrogen and oxygen atoms in total. The first-order valence-electron chi connectivity index (χ1n) is 5.55. The van der Waals surface area contributed by atoms with E-state index in [0.717, 1.165) is 24.3 Å². The summed E-state index contributed by atoms with van der Waals surface area (Å²) in [5, 5.41) is 0. The maximum absolute atomic E-state index is 4.05. The van der Waals surface area contributed by atoms with Crippen molar-refractivity contribution in [3.05, 3.63) is 18.7 Å². The molecule has 0 amide bonds. The van der Waals surface area contributed by atoms with Crippen LogP contribution in [0, 0.1) is 17.8 Å². The van der Waals surface area contributed by atoms with Gasteiger partial charge < -0.3 is 4.57 Å². The van der Waals surface area contributed by atoms with Gasteiger partial charge in [0.25, 0.3) is 0 Å². The van der Waals surface area contributed by atoms with Crippen molar-refractivity contribution in [2.24, 2.45) is 17.8 Å². The molecule has 0 fully saturated rings. The Kier molecular flexibility index (Phi) is 4.18. The molecule has 0 radical (unpaired) electrons. The van der Waals surface area contributed by atoms with E-state index in [1.807, 2.05) is 18.7 Å². The van der Waals surface area contributed by atoms with E-state index >= 15 is 0 Å². The van der Waals surface area contributed by atoms with Crippen LogP contribution in [-0.4, -0.2) is 9.55 Å². The van der Waals surface area contributed by atoms with Gasteiger partial charge in [0.15, 0.2) is 0 Å². The Morgan fingerprint density at radius 1 is 1.21 bits per heavy atom. The van der Waals surface area contributed by atoms with Crippen LogP contribution in [0.4, 0.5) is 0 Å². The molecule has 0 saturated carbocycles. The minimum Gasteiger partial charge on any atom is -0.337 e. The van der Waals surface area contributed by atoms with Gasteiger partial charge in [-0.25, -0.2) is 4.98 Å². The topological polar surface area (TPSA) is 17.8 Å². The largest absolute Gasteiger partial charge is 0.337 e. The zero-order valence-electron chi connectivity index (χ0n) is 9.77. The van der Waals surface area contributed by atoms with E-state index in [2.05, 4.69) is 37.2 Å². The fraction of sp³-hybridized carbons (Fsp3) is 0.750. The molecule has 14 heavy (non-hydrogen) atoms. The molecule has 2 atom stereocenters. The van der Waals surface area contributed by atoms with Gasteiger partial charge in [-0.15, -0.1) is 0 Å². The van der Waals surface area contributed by atoms with Crippen LogP contribution in [0.15, 0.2) is 18.7 Å². The molecule has 0 aromatic carbocycles. The third-order valence-corrected chi connectivity index (χ3v) is 2.99. The monoisotopic (exact) mass is 194 g/mol. The fourth-order valence-electron chi connectivity index (χ4n) is 1.74. The Hall–Kier alpha value is -0.790. The van der Waals surface area contributed by atoms with Crippen LogP contribution >= 0.6 is 0 Å². The molecule has 0 saturated heterocycles.